The van der Waals surface area contributed by atoms with Crippen LogP contribution in [-0.4, -0.2) is 42.7 Å². The Kier molecular flexibility index (Phi) is 11.6. The van der Waals surface area contributed by atoms with Gasteiger partial charge >= 0.3 is 0 Å². The van der Waals surface area contributed by atoms with Crippen LogP contribution in [0.3, 0.4) is 0 Å². The van der Waals surface area contributed by atoms with E-state index in [4.69, 9.17) is 19.7 Å². The molecule has 0 saturated heterocycles. The highest BCUT2D eigenvalue weighted by Crippen LogP contribution is 2.15. The third-order valence-electron chi connectivity index (χ3n) is 3.76. The summed E-state index contributed by atoms with van der Waals surface area (Å²) in [6.07, 6.45) is 8.26. The Morgan fingerprint density at radius 1 is 0.957 bits per heavy atom. The fourth-order valence-corrected chi connectivity index (χ4v) is 2.35. The molecule has 0 heterocycles. The van der Waals surface area contributed by atoms with Crippen LogP contribution in [0.15, 0.2) is 24.3 Å². The molecule has 0 aromatic heterocycles. The minimum atomic E-state index is -0.809. The molecular formula is C19H32O4. The van der Waals surface area contributed by atoms with Crippen molar-refractivity contribution in [2.75, 3.05) is 26.4 Å². The second-order valence-corrected chi connectivity index (χ2v) is 5.92. The number of aliphatic hydroxyl groups excluding tert-OH is 2. The van der Waals surface area contributed by atoms with Crippen molar-refractivity contribution in [2.24, 2.45) is 0 Å². The molecule has 0 aliphatic heterocycles. The lowest BCUT2D eigenvalue weighted by Gasteiger charge is -2.10. The summed E-state index contributed by atoms with van der Waals surface area (Å²) >= 11 is 0. The molecule has 0 aliphatic rings. The van der Waals surface area contributed by atoms with Gasteiger partial charge in [-0.3, -0.25) is 0 Å². The molecule has 0 spiro atoms. The molecule has 1 aromatic carbocycles. The molecule has 0 fully saturated rings. The van der Waals surface area contributed by atoms with Gasteiger partial charge in [0.1, 0.15) is 18.5 Å². The molecule has 23 heavy (non-hydrogen) atoms. The van der Waals surface area contributed by atoms with E-state index in [9.17, 15) is 0 Å². The molecule has 2 N–H and O–H groups in total. The topological polar surface area (TPSA) is 58.9 Å². The summed E-state index contributed by atoms with van der Waals surface area (Å²) in [6, 6.07) is 8.24. The van der Waals surface area contributed by atoms with Gasteiger partial charge in [0.05, 0.1) is 19.8 Å². The second-order valence-electron chi connectivity index (χ2n) is 5.92. The standard InChI is InChI=1S/C19H32O4/c1-2-3-4-5-6-7-8-17-9-11-19(12-10-17)23-14-13-22-16-18(21)15-20/h9-12,18,20-21H,2-8,13-16H2,1H3. The summed E-state index contributed by atoms with van der Waals surface area (Å²) < 4.78 is 10.8. The van der Waals surface area contributed by atoms with Crippen molar-refractivity contribution in [1.82, 2.24) is 0 Å². The molecule has 0 amide bonds. The van der Waals surface area contributed by atoms with Gasteiger partial charge < -0.3 is 19.7 Å². The largest absolute Gasteiger partial charge is 0.491 e. The Morgan fingerprint density at radius 2 is 1.65 bits per heavy atom. The highest BCUT2D eigenvalue weighted by Gasteiger charge is 2.01. The van der Waals surface area contributed by atoms with Crippen molar-refractivity contribution < 1.29 is 19.7 Å². The van der Waals surface area contributed by atoms with E-state index in [0.29, 0.717) is 13.2 Å². The third-order valence-corrected chi connectivity index (χ3v) is 3.76. The first-order valence-corrected chi connectivity index (χ1v) is 8.84. The molecular weight excluding hydrogens is 292 g/mol. The average molecular weight is 324 g/mol. The van der Waals surface area contributed by atoms with E-state index in [1.165, 1.54) is 44.1 Å². The normalized spacial score (nSPS) is 12.3. The van der Waals surface area contributed by atoms with Crippen molar-refractivity contribution in [3.63, 3.8) is 0 Å². The monoisotopic (exact) mass is 324 g/mol. The number of aliphatic hydroxyl groups is 2. The molecule has 0 saturated carbocycles. The van der Waals surface area contributed by atoms with E-state index in [2.05, 4.69) is 19.1 Å². The van der Waals surface area contributed by atoms with Gasteiger partial charge in [-0.05, 0) is 30.5 Å². The summed E-state index contributed by atoms with van der Waals surface area (Å²) in [5.41, 5.74) is 1.36. The Balaban J connectivity index is 2.08. The summed E-state index contributed by atoms with van der Waals surface area (Å²) in [6.45, 7) is 2.94. The molecule has 1 atom stereocenters. The fourth-order valence-electron chi connectivity index (χ4n) is 2.35. The number of hydrogen-bond donors (Lipinski definition) is 2. The Bertz CT molecular complexity index is 377. The molecule has 1 aromatic rings. The number of aryl methyl sites for hydroxylation is 1. The lowest BCUT2D eigenvalue weighted by atomic mass is 10.0. The predicted molar refractivity (Wildman–Crippen MR) is 92.9 cm³/mol. The van der Waals surface area contributed by atoms with Crippen molar-refractivity contribution in [3.05, 3.63) is 29.8 Å². The molecule has 0 bridgehead atoms. The van der Waals surface area contributed by atoms with Gasteiger partial charge in [0.25, 0.3) is 0 Å². The first-order valence-electron chi connectivity index (χ1n) is 8.84. The molecule has 132 valence electrons. The summed E-state index contributed by atoms with van der Waals surface area (Å²) in [5.74, 6) is 0.836. The Hall–Kier alpha value is -1.10. The average Bonchev–Trinajstić information content (AvgIpc) is 2.58. The highest BCUT2D eigenvalue weighted by atomic mass is 16.5. The van der Waals surface area contributed by atoms with Crippen LogP contribution in [0.1, 0.15) is 51.0 Å². The maximum Gasteiger partial charge on any atom is 0.119 e. The van der Waals surface area contributed by atoms with Crippen molar-refractivity contribution in [2.45, 2.75) is 58.0 Å². The van der Waals surface area contributed by atoms with E-state index in [1.807, 2.05) is 12.1 Å². The van der Waals surface area contributed by atoms with Crippen LogP contribution in [0.5, 0.6) is 5.75 Å². The lowest BCUT2D eigenvalue weighted by Crippen LogP contribution is -2.21. The van der Waals surface area contributed by atoms with Crippen LogP contribution in [0.25, 0.3) is 0 Å². The molecule has 0 radical (unpaired) electrons. The molecule has 4 nitrogen and oxygen atoms in total. The van der Waals surface area contributed by atoms with E-state index in [1.54, 1.807) is 0 Å². The molecule has 4 heteroatoms. The van der Waals surface area contributed by atoms with Crippen LogP contribution in [-0.2, 0) is 11.2 Å². The van der Waals surface area contributed by atoms with Crippen molar-refractivity contribution in [3.8, 4) is 5.75 Å². The zero-order valence-electron chi connectivity index (χ0n) is 14.4. The first kappa shape index (κ1) is 19.9. The zero-order valence-corrected chi connectivity index (χ0v) is 14.4. The number of unbranched alkanes of at least 4 members (excludes halogenated alkanes) is 5. The number of rotatable bonds is 14. The van der Waals surface area contributed by atoms with E-state index in [0.717, 1.165) is 12.2 Å². The summed E-state index contributed by atoms with van der Waals surface area (Å²) in [5, 5.41) is 17.8. The van der Waals surface area contributed by atoms with Gasteiger partial charge in [-0.25, -0.2) is 0 Å². The number of hydrogen-bond acceptors (Lipinski definition) is 4. The van der Waals surface area contributed by atoms with Gasteiger partial charge in [-0.1, -0.05) is 51.2 Å². The van der Waals surface area contributed by atoms with Gasteiger partial charge in [-0.2, -0.15) is 0 Å². The van der Waals surface area contributed by atoms with E-state index >= 15 is 0 Å². The van der Waals surface area contributed by atoms with Crippen LogP contribution in [0.2, 0.25) is 0 Å². The van der Waals surface area contributed by atoms with Crippen molar-refractivity contribution in [1.29, 1.82) is 0 Å². The fraction of sp³-hybridized carbons (Fsp3) is 0.684. The van der Waals surface area contributed by atoms with Gasteiger partial charge in [0, 0.05) is 0 Å². The minimum Gasteiger partial charge on any atom is -0.491 e. The van der Waals surface area contributed by atoms with Crippen LogP contribution >= 0.6 is 0 Å². The second kappa shape index (κ2) is 13.3. The predicted octanol–water partition coefficient (Wildman–Crippen LogP) is 3.34. The van der Waals surface area contributed by atoms with E-state index in [-0.39, 0.29) is 13.2 Å². The zero-order chi connectivity index (χ0) is 16.8. The van der Waals surface area contributed by atoms with Gasteiger partial charge in [0.2, 0.25) is 0 Å². The Labute approximate surface area is 140 Å². The van der Waals surface area contributed by atoms with Crippen LogP contribution in [0, 0.1) is 0 Å². The minimum absolute atomic E-state index is 0.136. The maximum absolute atomic E-state index is 9.12. The highest BCUT2D eigenvalue weighted by molar-refractivity contribution is 5.27. The Morgan fingerprint density at radius 3 is 2.35 bits per heavy atom. The smallest absolute Gasteiger partial charge is 0.119 e. The number of ether oxygens (including phenoxy) is 2. The molecule has 1 unspecified atom stereocenters. The van der Waals surface area contributed by atoms with E-state index < -0.39 is 6.10 Å². The maximum atomic E-state index is 9.12. The van der Waals surface area contributed by atoms with Crippen LogP contribution in [0.4, 0.5) is 0 Å². The summed E-state index contributed by atoms with van der Waals surface area (Å²) in [4.78, 5) is 0. The lowest BCUT2D eigenvalue weighted by molar-refractivity contribution is -0.00138. The molecule has 1 rings (SSSR count). The summed E-state index contributed by atoms with van der Waals surface area (Å²) in [7, 11) is 0. The van der Waals surface area contributed by atoms with Crippen molar-refractivity contribution >= 4 is 0 Å². The van der Waals surface area contributed by atoms with Crippen LogP contribution < -0.4 is 4.74 Å². The quantitative estimate of drug-likeness (QED) is 0.515. The van der Waals surface area contributed by atoms with Gasteiger partial charge in [0.15, 0.2) is 0 Å². The third kappa shape index (κ3) is 10.3. The number of benzene rings is 1. The molecule has 0 aliphatic carbocycles. The first-order chi connectivity index (χ1) is 11.3. The van der Waals surface area contributed by atoms with Gasteiger partial charge in [-0.15, -0.1) is 0 Å². The SMILES string of the molecule is CCCCCCCCc1ccc(OCCOCC(O)CO)cc1.